The Labute approximate surface area is 198 Å². The number of hydrogen-bond acceptors (Lipinski definition) is 5. The second-order valence-corrected chi connectivity index (χ2v) is 8.65. The van der Waals surface area contributed by atoms with Crippen LogP contribution in [0, 0.1) is 13.8 Å². The highest BCUT2D eigenvalue weighted by molar-refractivity contribution is 5.98. The minimum atomic E-state index is 0.236. The maximum absolute atomic E-state index is 6.42. The van der Waals surface area contributed by atoms with E-state index < -0.39 is 0 Å². The van der Waals surface area contributed by atoms with E-state index in [9.17, 15) is 0 Å². The molecule has 0 heterocycles. The highest BCUT2D eigenvalue weighted by atomic mass is 16.6. The fourth-order valence-corrected chi connectivity index (χ4v) is 4.15. The standard InChI is InChI=1S/C28H37NO4/c1-6-7-16-31-27-17-20(2)28(21(3)18-27)33-26-14-12-25(13-15-26)32-19-23-8-10-24(11-9-23)22(4)29-30-5/h6-11,17-18,25-26H,12-16,19H2,1-5H3/b7-6+,29-22+. The molecule has 0 saturated heterocycles. The number of hydrogen-bond donors (Lipinski definition) is 0. The van der Waals surface area contributed by atoms with E-state index in [4.69, 9.17) is 19.0 Å². The van der Waals surface area contributed by atoms with Crippen LogP contribution in [0.1, 0.15) is 61.8 Å². The van der Waals surface area contributed by atoms with Crippen molar-refractivity contribution >= 4 is 5.71 Å². The largest absolute Gasteiger partial charge is 0.490 e. The van der Waals surface area contributed by atoms with Gasteiger partial charge in [0, 0.05) is 0 Å². The summed E-state index contributed by atoms with van der Waals surface area (Å²) >= 11 is 0. The second kappa shape index (κ2) is 12.4. The van der Waals surface area contributed by atoms with Crippen LogP contribution in [0.25, 0.3) is 0 Å². The predicted octanol–water partition coefficient (Wildman–Crippen LogP) is 6.54. The molecule has 0 bridgehead atoms. The molecule has 2 aromatic rings. The number of oxime groups is 1. The summed E-state index contributed by atoms with van der Waals surface area (Å²) in [4.78, 5) is 4.84. The molecular formula is C28H37NO4. The fourth-order valence-electron chi connectivity index (χ4n) is 4.15. The first kappa shape index (κ1) is 24.8. The average Bonchev–Trinajstić information content (AvgIpc) is 2.81. The number of benzene rings is 2. The Kier molecular flexibility index (Phi) is 9.37. The Morgan fingerprint density at radius 2 is 1.64 bits per heavy atom. The zero-order valence-corrected chi connectivity index (χ0v) is 20.6. The number of allylic oxidation sites excluding steroid dienone is 1. The molecule has 3 rings (SSSR count). The Bertz CT molecular complexity index is 918. The molecule has 1 aliphatic rings. The maximum atomic E-state index is 6.42. The van der Waals surface area contributed by atoms with Gasteiger partial charge in [-0.05, 0) is 87.8 Å². The van der Waals surface area contributed by atoms with Crippen LogP contribution in [0.4, 0.5) is 0 Å². The molecule has 2 aromatic carbocycles. The Morgan fingerprint density at radius 3 is 2.24 bits per heavy atom. The van der Waals surface area contributed by atoms with E-state index in [0.717, 1.165) is 59.6 Å². The third-order valence-electron chi connectivity index (χ3n) is 6.01. The van der Waals surface area contributed by atoms with Gasteiger partial charge in [-0.15, -0.1) is 0 Å². The maximum Gasteiger partial charge on any atom is 0.125 e. The van der Waals surface area contributed by atoms with Crippen molar-refractivity contribution in [1.29, 1.82) is 0 Å². The summed E-state index contributed by atoms with van der Waals surface area (Å²) in [6.07, 6.45) is 8.57. The topological polar surface area (TPSA) is 49.3 Å². The molecule has 178 valence electrons. The molecule has 0 unspecified atom stereocenters. The van der Waals surface area contributed by atoms with Crippen LogP contribution < -0.4 is 9.47 Å². The first-order valence-corrected chi connectivity index (χ1v) is 11.8. The van der Waals surface area contributed by atoms with Gasteiger partial charge in [-0.1, -0.05) is 41.6 Å². The average molecular weight is 452 g/mol. The summed E-state index contributed by atoms with van der Waals surface area (Å²) in [5, 5.41) is 3.98. The van der Waals surface area contributed by atoms with Crippen LogP contribution in [-0.2, 0) is 16.2 Å². The first-order valence-electron chi connectivity index (χ1n) is 11.8. The number of aryl methyl sites for hydroxylation is 2. The summed E-state index contributed by atoms with van der Waals surface area (Å²) in [5.41, 5.74) is 5.34. The van der Waals surface area contributed by atoms with Crippen molar-refractivity contribution in [1.82, 2.24) is 0 Å². The van der Waals surface area contributed by atoms with Crippen molar-refractivity contribution in [2.45, 2.75) is 72.2 Å². The smallest absolute Gasteiger partial charge is 0.125 e. The molecule has 0 aromatic heterocycles. The van der Waals surface area contributed by atoms with Gasteiger partial charge in [0.25, 0.3) is 0 Å². The fraction of sp³-hybridized carbons (Fsp3) is 0.464. The van der Waals surface area contributed by atoms with Gasteiger partial charge >= 0.3 is 0 Å². The van der Waals surface area contributed by atoms with Crippen molar-refractivity contribution in [3.63, 3.8) is 0 Å². The lowest BCUT2D eigenvalue weighted by atomic mass is 9.94. The zero-order valence-electron chi connectivity index (χ0n) is 20.6. The molecule has 1 saturated carbocycles. The minimum Gasteiger partial charge on any atom is -0.490 e. The van der Waals surface area contributed by atoms with Crippen molar-refractivity contribution < 1.29 is 19.0 Å². The quantitative estimate of drug-likeness (QED) is 0.234. The molecule has 0 amide bonds. The van der Waals surface area contributed by atoms with E-state index in [1.165, 1.54) is 5.56 Å². The lowest BCUT2D eigenvalue weighted by molar-refractivity contribution is -0.00682. The van der Waals surface area contributed by atoms with Gasteiger partial charge in [0.05, 0.1) is 24.5 Å². The third kappa shape index (κ3) is 7.36. The second-order valence-electron chi connectivity index (χ2n) is 8.65. The van der Waals surface area contributed by atoms with Gasteiger partial charge in [-0.2, -0.15) is 0 Å². The van der Waals surface area contributed by atoms with E-state index >= 15 is 0 Å². The van der Waals surface area contributed by atoms with Crippen LogP contribution in [-0.4, -0.2) is 31.6 Å². The van der Waals surface area contributed by atoms with Gasteiger partial charge in [-0.3, -0.25) is 0 Å². The molecule has 33 heavy (non-hydrogen) atoms. The molecular weight excluding hydrogens is 414 g/mol. The van der Waals surface area contributed by atoms with Gasteiger partial charge in [0.1, 0.15) is 25.2 Å². The van der Waals surface area contributed by atoms with Gasteiger partial charge in [0.2, 0.25) is 0 Å². The van der Waals surface area contributed by atoms with Gasteiger partial charge < -0.3 is 19.0 Å². The lowest BCUT2D eigenvalue weighted by Gasteiger charge is -2.30. The summed E-state index contributed by atoms with van der Waals surface area (Å²) < 4.78 is 18.4. The van der Waals surface area contributed by atoms with E-state index in [1.807, 2.05) is 26.0 Å². The van der Waals surface area contributed by atoms with Crippen molar-refractivity contribution in [3.05, 3.63) is 70.8 Å². The Balaban J connectivity index is 1.46. The van der Waals surface area contributed by atoms with Crippen LogP contribution in [0.3, 0.4) is 0 Å². The van der Waals surface area contributed by atoms with Crippen LogP contribution in [0.15, 0.2) is 53.7 Å². The number of nitrogens with zero attached hydrogens (tertiary/aromatic N) is 1. The van der Waals surface area contributed by atoms with Gasteiger partial charge in [-0.25, -0.2) is 0 Å². The molecule has 0 spiro atoms. The molecule has 0 aliphatic heterocycles. The summed E-state index contributed by atoms with van der Waals surface area (Å²) in [6, 6.07) is 12.4. The van der Waals surface area contributed by atoms with Crippen LogP contribution >= 0.6 is 0 Å². The first-order chi connectivity index (χ1) is 16.0. The molecule has 0 radical (unpaired) electrons. The highest BCUT2D eigenvalue weighted by Crippen LogP contribution is 2.32. The van der Waals surface area contributed by atoms with E-state index in [2.05, 4.69) is 55.4 Å². The van der Waals surface area contributed by atoms with Crippen LogP contribution in [0.2, 0.25) is 0 Å². The summed E-state index contributed by atoms with van der Waals surface area (Å²) in [5.74, 6) is 1.88. The van der Waals surface area contributed by atoms with Crippen molar-refractivity contribution in [2.75, 3.05) is 13.7 Å². The molecule has 5 nitrogen and oxygen atoms in total. The van der Waals surface area contributed by atoms with E-state index in [-0.39, 0.29) is 12.2 Å². The Hall–Kier alpha value is -2.79. The SMILES string of the molecule is C/C=C/COc1cc(C)c(OC2CCC(OCc3ccc(/C(C)=N/OC)cc3)CC2)c(C)c1. The van der Waals surface area contributed by atoms with Crippen molar-refractivity contribution in [2.24, 2.45) is 5.16 Å². The molecule has 1 aliphatic carbocycles. The summed E-state index contributed by atoms with van der Waals surface area (Å²) in [7, 11) is 1.56. The lowest BCUT2D eigenvalue weighted by Crippen LogP contribution is -2.28. The summed E-state index contributed by atoms with van der Waals surface area (Å²) in [6.45, 7) is 9.33. The van der Waals surface area contributed by atoms with Crippen molar-refractivity contribution in [3.8, 4) is 11.5 Å². The van der Waals surface area contributed by atoms with E-state index in [1.54, 1.807) is 7.11 Å². The van der Waals surface area contributed by atoms with Crippen LogP contribution in [0.5, 0.6) is 11.5 Å². The third-order valence-corrected chi connectivity index (χ3v) is 6.01. The molecule has 0 N–H and O–H groups in total. The van der Waals surface area contributed by atoms with E-state index in [0.29, 0.717) is 13.2 Å². The number of ether oxygens (including phenoxy) is 3. The predicted molar refractivity (Wildman–Crippen MR) is 133 cm³/mol. The Morgan fingerprint density at radius 1 is 1.00 bits per heavy atom. The molecule has 1 fully saturated rings. The number of rotatable bonds is 10. The highest BCUT2D eigenvalue weighted by Gasteiger charge is 2.24. The normalized spacial score (nSPS) is 19.0. The monoisotopic (exact) mass is 451 g/mol. The molecule has 0 atom stereocenters. The van der Waals surface area contributed by atoms with Gasteiger partial charge in [0.15, 0.2) is 0 Å². The molecule has 5 heteroatoms. The minimum absolute atomic E-state index is 0.236. The zero-order chi connectivity index (χ0) is 23.6.